The molecule has 1 N–H and O–H groups in total. The van der Waals surface area contributed by atoms with E-state index in [0.717, 1.165) is 11.3 Å². The molecule has 0 radical (unpaired) electrons. The number of H-pyrrole nitrogens is 1. The van der Waals surface area contributed by atoms with Crippen molar-refractivity contribution in [3.63, 3.8) is 0 Å². The average molecular weight is 178 g/mol. The quantitative estimate of drug-likeness (QED) is 0.719. The van der Waals surface area contributed by atoms with Gasteiger partial charge in [-0.3, -0.25) is 9.78 Å². The van der Waals surface area contributed by atoms with Crippen molar-refractivity contribution in [2.75, 3.05) is 0 Å². The van der Waals surface area contributed by atoms with E-state index in [4.69, 9.17) is 0 Å². The summed E-state index contributed by atoms with van der Waals surface area (Å²) < 4.78 is 0. The summed E-state index contributed by atoms with van der Waals surface area (Å²) in [6.07, 6.45) is 3.40. The van der Waals surface area contributed by atoms with Gasteiger partial charge in [-0.05, 0) is 12.1 Å². The second-order valence-electron chi connectivity index (χ2n) is 2.30. The van der Waals surface area contributed by atoms with Crippen LogP contribution < -0.4 is 4.87 Å². The Labute approximate surface area is 72.7 Å². The number of thiazole rings is 1. The molecule has 0 unspecified atom stereocenters. The van der Waals surface area contributed by atoms with E-state index >= 15 is 0 Å². The Morgan fingerprint density at radius 1 is 1.33 bits per heavy atom. The van der Waals surface area contributed by atoms with Gasteiger partial charge in [0.05, 0.1) is 5.69 Å². The van der Waals surface area contributed by atoms with E-state index in [2.05, 4.69) is 9.97 Å². The number of aromatic amines is 1. The summed E-state index contributed by atoms with van der Waals surface area (Å²) in [6, 6.07) is 3.72. The Hall–Kier alpha value is -1.42. The molecule has 2 aromatic heterocycles. The first-order chi connectivity index (χ1) is 5.86. The molecule has 0 amide bonds. The first kappa shape index (κ1) is 7.24. The molecule has 0 saturated heterocycles. The highest BCUT2D eigenvalue weighted by Gasteiger charge is 1.97. The fraction of sp³-hybridized carbons (Fsp3) is 0. The van der Waals surface area contributed by atoms with Crippen molar-refractivity contribution in [2.24, 2.45) is 0 Å². The maximum Gasteiger partial charge on any atom is 0.304 e. The predicted octanol–water partition coefficient (Wildman–Crippen LogP) is 1.50. The van der Waals surface area contributed by atoms with Gasteiger partial charge in [0, 0.05) is 23.3 Å². The maximum absolute atomic E-state index is 10.8. The molecule has 0 aliphatic rings. The highest BCUT2D eigenvalue weighted by Crippen LogP contribution is 2.14. The minimum Gasteiger partial charge on any atom is -0.312 e. The molecule has 2 rings (SSSR count). The van der Waals surface area contributed by atoms with Crippen LogP contribution >= 0.6 is 11.3 Å². The fourth-order valence-electron chi connectivity index (χ4n) is 0.953. The Kier molecular flexibility index (Phi) is 1.75. The Bertz CT molecular complexity index is 418. The average Bonchev–Trinajstić information content (AvgIpc) is 2.54. The van der Waals surface area contributed by atoms with Crippen molar-refractivity contribution in [3.8, 4) is 11.3 Å². The summed E-state index contributed by atoms with van der Waals surface area (Å²) in [5.41, 5.74) is 1.84. The van der Waals surface area contributed by atoms with Gasteiger partial charge < -0.3 is 4.98 Å². The molecule has 0 aromatic carbocycles. The summed E-state index contributed by atoms with van der Waals surface area (Å²) in [4.78, 5) is 17.4. The zero-order valence-electron chi connectivity index (χ0n) is 6.15. The SMILES string of the molecule is O=c1[nH]c(-c2ccncc2)cs1. The molecule has 0 fully saturated rings. The van der Waals surface area contributed by atoms with Crippen molar-refractivity contribution in [2.45, 2.75) is 0 Å². The van der Waals surface area contributed by atoms with Crippen LogP contribution in [0.15, 0.2) is 34.7 Å². The van der Waals surface area contributed by atoms with Crippen LogP contribution in [-0.2, 0) is 0 Å². The standard InChI is InChI=1S/C8H6N2OS/c11-8-10-7(5-12-8)6-1-3-9-4-2-6/h1-5H,(H,10,11). The summed E-state index contributed by atoms with van der Waals surface area (Å²) in [7, 11) is 0. The summed E-state index contributed by atoms with van der Waals surface area (Å²) in [6.45, 7) is 0. The van der Waals surface area contributed by atoms with E-state index in [1.807, 2.05) is 12.1 Å². The lowest BCUT2D eigenvalue weighted by atomic mass is 10.2. The third-order valence-corrected chi connectivity index (χ3v) is 2.18. The lowest BCUT2D eigenvalue weighted by Crippen LogP contribution is -1.92. The highest BCUT2D eigenvalue weighted by atomic mass is 32.1. The Morgan fingerprint density at radius 2 is 2.08 bits per heavy atom. The van der Waals surface area contributed by atoms with Gasteiger partial charge in [0.15, 0.2) is 0 Å². The molecule has 2 heterocycles. The van der Waals surface area contributed by atoms with E-state index in [0.29, 0.717) is 0 Å². The molecule has 2 aromatic rings. The lowest BCUT2D eigenvalue weighted by Gasteiger charge is -1.92. The molecule has 0 saturated carbocycles. The highest BCUT2D eigenvalue weighted by molar-refractivity contribution is 7.07. The first-order valence-electron chi connectivity index (χ1n) is 3.44. The number of aromatic nitrogens is 2. The Morgan fingerprint density at radius 3 is 2.67 bits per heavy atom. The van der Waals surface area contributed by atoms with Crippen LogP contribution in [0.5, 0.6) is 0 Å². The second kappa shape index (κ2) is 2.91. The molecule has 0 aliphatic heterocycles. The third kappa shape index (κ3) is 1.29. The van der Waals surface area contributed by atoms with E-state index in [-0.39, 0.29) is 4.87 Å². The largest absolute Gasteiger partial charge is 0.312 e. The lowest BCUT2D eigenvalue weighted by molar-refractivity contribution is 1.30. The zero-order chi connectivity index (χ0) is 8.39. The number of rotatable bonds is 1. The van der Waals surface area contributed by atoms with E-state index < -0.39 is 0 Å². The molecule has 12 heavy (non-hydrogen) atoms. The second-order valence-corrected chi connectivity index (χ2v) is 3.14. The van der Waals surface area contributed by atoms with Crippen LogP contribution in [0.3, 0.4) is 0 Å². The zero-order valence-corrected chi connectivity index (χ0v) is 6.97. The summed E-state index contributed by atoms with van der Waals surface area (Å²) >= 11 is 1.17. The van der Waals surface area contributed by atoms with Gasteiger partial charge in [0.25, 0.3) is 0 Å². The molecule has 60 valence electrons. The van der Waals surface area contributed by atoms with Crippen molar-refractivity contribution >= 4 is 11.3 Å². The van der Waals surface area contributed by atoms with Gasteiger partial charge in [0.1, 0.15) is 0 Å². The van der Waals surface area contributed by atoms with Gasteiger partial charge in [0.2, 0.25) is 0 Å². The van der Waals surface area contributed by atoms with Crippen molar-refractivity contribution in [1.82, 2.24) is 9.97 Å². The van der Waals surface area contributed by atoms with Crippen molar-refractivity contribution in [3.05, 3.63) is 39.6 Å². The minimum atomic E-state index is -0.0261. The number of hydrogen-bond donors (Lipinski definition) is 1. The van der Waals surface area contributed by atoms with Crippen LogP contribution in [0.4, 0.5) is 0 Å². The first-order valence-corrected chi connectivity index (χ1v) is 4.32. The van der Waals surface area contributed by atoms with E-state index in [9.17, 15) is 4.79 Å². The maximum atomic E-state index is 10.8. The van der Waals surface area contributed by atoms with Gasteiger partial charge in [-0.15, -0.1) is 0 Å². The molecular weight excluding hydrogens is 172 g/mol. The van der Waals surface area contributed by atoms with Gasteiger partial charge in [-0.1, -0.05) is 11.3 Å². The Balaban J connectivity index is 2.51. The number of pyridine rings is 1. The summed E-state index contributed by atoms with van der Waals surface area (Å²) in [5.74, 6) is 0. The molecule has 0 aliphatic carbocycles. The minimum absolute atomic E-state index is 0.0261. The smallest absolute Gasteiger partial charge is 0.304 e. The van der Waals surface area contributed by atoms with Gasteiger partial charge in [-0.25, -0.2) is 0 Å². The van der Waals surface area contributed by atoms with Gasteiger partial charge >= 0.3 is 4.87 Å². The topological polar surface area (TPSA) is 45.8 Å². The molecule has 0 bridgehead atoms. The van der Waals surface area contributed by atoms with Gasteiger partial charge in [-0.2, -0.15) is 0 Å². The summed E-state index contributed by atoms with van der Waals surface area (Å²) in [5, 5.41) is 1.80. The van der Waals surface area contributed by atoms with Crippen LogP contribution in [0, 0.1) is 0 Å². The normalized spacial score (nSPS) is 10.0. The number of nitrogens with one attached hydrogen (secondary N) is 1. The predicted molar refractivity (Wildman–Crippen MR) is 48.2 cm³/mol. The number of nitrogens with zero attached hydrogens (tertiary/aromatic N) is 1. The molecule has 0 spiro atoms. The third-order valence-electron chi connectivity index (χ3n) is 1.51. The molecular formula is C8H6N2OS. The van der Waals surface area contributed by atoms with E-state index in [1.165, 1.54) is 11.3 Å². The van der Waals surface area contributed by atoms with Crippen LogP contribution in [0.25, 0.3) is 11.3 Å². The number of hydrogen-bond acceptors (Lipinski definition) is 3. The van der Waals surface area contributed by atoms with Crippen LogP contribution in [0.2, 0.25) is 0 Å². The molecule has 4 heteroatoms. The van der Waals surface area contributed by atoms with Crippen LogP contribution in [-0.4, -0.2) is 9.97 Å². The van der Waals surface area contributed by atoms with E-state index in [1.54, 1.807) is 17.8 Å². The molecule has 3 nitrogen and oxygen atoms in total. The molecule has 0 atom stereocenters. The van der Waals surface area contributed by atoms with Crippen molar-refractivity contribution < 1.29 is 0 Å². The van der Waals surface area contributed by atoms with Crippen LogP contribution in [0.1, 0.15) is 0 Å². The van der Waals surface area contributed by atoms with Crippen molar-refractivity contribution in [1.29, 1.82) is 0 Å². The monoisotopic (exact) mass is 178 g/mol. The fourth-order valence-corrected chi connectivity index (χ4v) is 1.54.